The maximum Gasteiger partial charge on any atom is 0.326 e. The van der Waals surface area contributed by atoms with Crippen LogP contribution in [0, 0.1) is 0 Å². The number of nitrogens with one attached hydrogen (secondary N) is 3. The fraction of sp³-hybridized carbons (Fsp3) is 0.727. The summed E-state index contributed by atoms with van der Waals surface area (Å²) in [5.41, 5.74) is 16.6. The summed E-state index contributed by atoms with van der Waals surface area (Å²) < 4.78 is 0. The van der Waals surface area contributed by atoms with E-state index in [1.807, 2.05) is 0 Å². The summed E-state index contributed by atoms with van der Waals surface area (Å²) in [6.07, 6.45) is 0.777. The van der Waals surface area contributed by atoms with E-state index >= 15 is 0 Å². The maximum atomic E-state index is 13.0. The standard InChI is InChI=1S/C22H40N6O9/c23-11-3-1-5-14(26-19(33)13(25)7-9-17(29)30)20(34)27-15(8-10-18(31)32)21(35)28-16(22(36)37)6-2-4-12-24/h13-16H,1-12,23-25H2,(H,26,33)(H,27,34)(H,28,35)(H,29,30)(H,31,32)(H,36,37). The molecule has 0 radical (unpaired) electrons. The van der Waals surface area contributed by atoms with Crippen molar-refractivity contribution in [2.24, 2.45) is 17.2 Å². The molecule has 12 N–H and O–H groups in total. The van der Waals surface area contributed by atoms with Crippen LogP contribution in [-0.2, 0) is 28.8 Å². The van der Waals surface area contributed by atoms with Gasteiger partial charge in [-0.2, -0.15) is 0 Å². The molecule has 0 aromatic heterocycles. The average Bonchev–Trinajstić information content (AvgIpc) is 2.83. The first kappa shape index (κ1) is 33.7. The van der Waals surface area contributed by atoms with E-state index in [9.17, 15) is 33.9 Å². The molecule has 3 amide bonds. The molecule has 0 heterocycles. The van der Waals surface area contributed by atoms with Crippen molar-refractivity contribution in [3.8, 4) is 0 Å². The van der Waals surface area contributed by atoms with E-state index in [0.29, 0.717) is 38.8 Å². The van der Waals surface area contributed by atoms with Crippen molar-refractivity contribution in [2.75, 3.05) is 13.1 Å². The second-order valence-electron chi connectivity index (χ2n) is 8.56. The fourth-order valence-electron chi connectivity index (χ4n) is 3.28. The van der Waals surface area contributed by atoms with E-state index < -0.39 is 66.2 Å². The van der Waals surface area contributed by atoms with Crippen LogP contribution in [0.3, 0.4) is 0 Å². The highest BCUT2D eigenvalue weighted by Crippen LogP contribution is 2.07. The van der Waals surface area contributed by atoms with Gasteiger partial charge in [0.15, 0.2) is 0 Å². The SMILES string of the molecule is NCCCCC(NC(=O)C(CCC(=O)O)NC(=O)C(CCCCN)NC(=O)C(N)CCC(=O)O)C(=O)O. The Kier molecular flexibility index (Phi) is 17.2. The number of unbranched alkanes of at least 4 members (excludes halogenated alkanes) is 2. The average molecular weight is 533 g/mol. The smallest absolute Gasteiger partial charge is 0.326 e. The molecule has 4 unspecified atom stereocenters. The highest BCUT2D eigenvalue weighted by Gasteiger charge is 2.30. The molecule has 0 saturated carbocycles. The number of carboxylic acids is 3. The van der Waals surface area contributed by atoms with Crippen molar-refractivity contribution in [3.63, 3.8) is 0 Å². The quantitative estimate of drug-likeness (QED) is 0.0715. The van der Waals surface area contributed by atoms with Crippen LogP contribution >= 0.6 is 0 Å². The molecule has 212 valence electrons. The fourth-order valence-corrected chi connectivity index (χ4v) is 3.28. The minimum Gasteiger partial charge on any atom is -0.481 e. The zero-order valence-electron chi connectivity index (χ0n) is 20.8. The number of carbonyl (C=O) groups is 6. The van der Waals surface area contributed by atoms with Gasteiger partial charge < -0.3 is 48.5 Å². The van der Waals surface area contributed by atoms with Crippen LogP contribution in [0.5, 0.6) is 0 Å². The topological polar surface area (TPSA) is 277 Å². The molecule has 15 nitrogen and oxygen atoms in total. The van der Waals surface area contributed by atoms with E-state index in [1.54, 1.807) is 0 Å². The minimum absolute atomic E-state index is 0.0872. The number of amides is 3. The van der Waals surface area contributed by atoms with Gasteiger partial charge in [0, 0.05) is 12.8 Å². The lowest BCUT2D eigenvalue weighted by atomic mass is 10.0. The maximum absolute atomic E-state index is 13.0. The molecular weight excluding hydrogens is 492 g/mol. The van der Waals surface area contributed by atoms with E-state index in [1.165, 1.54) is 0 Å². The molecule has 0 aliphatic heterocycles. The number of hydrogen-bond donors (Lipinski definition) is 9. The first-order valence-corrected chi connectivity index (χ1v) is 12.2. The summed E-state index contributed by atoms with van der Waals surface area (Å²) >= 11 is 0. The second-order valence-corrected chi connectivity index (χ2v) is 8.56. The molecule has 0 spiro atoms. The van der Waals surface area contributed by atoms with Crippen molar-refractivity contribution in [2.45, 2.75) is 88.4 Å². The number of carboxylic acid groups (broad SMARTS) is 3. The van der Waals surface area contributed by atoms with Crippen molar-refractivity contribution < 1.29 is 44.1 Å². The normalized spacial score (nSPS) is 14.0. The largest absolute Gasteiger partial charge is 0.481 e. The molecule has 0 aromatic carbocycles. The van der Waals surface area contributed by atoms with Crippen molar-refractivity contribution in [3.05, 3.63) is 0 Å². The van der Waals surface area contributed by atoms with E-state index in [2.05, 4.69) is 16.0 Å². The number of rotatable bonds is 21. The van der Waals surface area contributed by atoms with Gasteiger partial charge in [0.2, 0.25) is 17.7 Å². The summed E-state index contributed by atoms with van der Waals surface area (Å²) in [6.45, 7) is 0.666. The van der Waals surface area contributed by atoms with Gasteiger partial charge in [-0.15, -0.1) is 0 Å². The van der Waals surface area contributed by atoms with Gasteiger partial charge in [0.1, 0.15) is 18.1 Å². The van der Waals surface area contributed by atoms with Crippen LogP contribution < -0.4 is 33.2 Å². The Labute approximate surface area is 214 Å². The van der Waals surface area contributed by atoms with E-state index in [-0.39, 0.29) is 32.1 Å². The Morgan fingerprint density at radius 1 is 0.568 bits per heavy atom. The van der Waals surface area contributed by atoms with Crippen molar-refractivity contribution >= 4 is 35.6 Å². The van der Waals surface area contributed by atoms with Gasteiger partial charge in [-0.1, -0.05) is 0 Å². The molecule has 0 bridgehead atoms. The molecular formula is C22H40N6O9. The third-order valence-corrected chi connectivity index (χ3v) is 5.43. The Morgan fingerprint density at radius 2 is 0.973 bits per heavy atom. The third-order valence-electron chi connectivity index (χ3n) is 5.43. The predicted octanol–water partition coefficient (Wildman–Crippen LogP) is -2.16. The molecule has 0 aliphatic rings. The monoisotopic (exact) mass is 532 g/mol. The van der Waals surface area contributed by atoms with Gasteiger partial charge in [-0.3, -0.25) is 24.0 Å². The van der Waals surface area contributed by atoms with Crippen molar-refractivity contribution in [1.82, 2.24) is 16.0 Å². The Hall–Kier alpha value is -3.30. The molecule has 15 heteroatoms. The summed E-state index contributed by atoms with van der Waals surface area (Å²) in [5, 5.41) is 34.4. The Morgan fingerprint density at radius 3 is 1.43 bits per heavy atom. The van der Waals surface area contributed by atoms with Crippen LogP contribution in [0.2, 0.25) is 0 Å². The van der Waals surface area contributed by atoms with E-state index in [0.717, 1.165) is 0 Å². The zero-order chi connectivity index (χ0) is 28.4. The molecule has 0 fully saturated rings. The first-order valence-electron chi connectivity index (χ1n) is 12.2. The second kappa shape index (κ2) is 18.9. The molecule has 0 rings (SSSR count). The number of carbonyl (C=O) groups excluding carboxylic acids is 3. The van der Waals surface area contributed by atoms with Crippen LogP contribution in [0.25, 0.3) is 0 Å². The lowest BCUT2D eigenvalue weighted by molar-refractivity contribution is -0.143. The lowest BCUT2D eigenvalue weighted by Gasteiger charge is -2.25. The van der Waals surface area contributed by atoms with Crippen LogP contribution in [0.4, 0.5) is 0 Å². The summed E-state index contributed by atoms with van der Waals surface area (Å²) in [4.78, 5) is 71.6. The number of aliphatic carboxylic acids is 3. The summed E-state index contributed by atoms with van der Waals surface area (Å²) in [7, 11) is 0. The summed E-state index contributed by atoms with van der Waals surface area (Å²) in [6, 6.07) is -5.03. The molecule has 0 saturated heterocycles. The minimum atomic E-state index is -1.39. The molecule has 0 aliphatic carbocycles. The number of hydrogen-bond acceptors (Lipinski definition) is 9. The highest BCUT2D eigenvalue weighted by molar-refractivity contribution is 5.94. The van der Waals surface area contributed by atoms with Gasteiger partial charge in [-0.25, -0.2) is 4.79 Å². The van der Waals surface area contributed by atoms with Gasteiger partial charge in [0.05, 0.1) is 6.04 Å². The number of nitrogens with two attached hydrogens (primary N) is 3. The van der Waals surface area contributed by atoms with E-state index in [4.69, 9.17) is 27.4 Å². The highest BCUT2D eigenvalue weighted by atomic mass is 16.4. The van der Waals surface area contributed by atoms with Gasteiger partial charge >= 0.3 is 17.9 Å². The van der Waals surface area contributed by atoms with Crippen LogP contribution in [0.15, 0.2) is 0 Å². The lowest BCUT2D eigenvalue weighted by Crippen LogP contribution is -2.57. The van der Waals surface area contributed by atoms with Crippen LogP contribution in [0.1, 0.15) is 64.2 Å². The Balaban J connectivity index is 5.53. The zero-order valence-corrected chi connectivity index (χ0v) is 20.8. The molecule has 0 aromatic rings. The van der Waals surface area contributed by atoms with Gasteiger partial charge in [0.25, 0.3) is 0 Å². The summed E-state index contributed by atoms with van der Waals surface area (Å²) in [5.74, 6) is -6.14. The van der Waals surface area contributed by atoms with Crippen molar-refractivity contribution in [1.29, 1.82) is 0 Å². The first-order chi connectivity index (χ1) is 17.4. The molecule has 4 atom stereocenters. The van der Waals surface area contributed by atoms with Gasteiger partial charge in [-0.05, 0) is 64.5 Å². The third kappa shape index (κ3) is 15.4. The molecule has 37 heavy (non-hydrogen) atoms. The van der Waals surface area contributed by atoms with Crippen LogP contribution in [-0.4, -0.2) is 88.2 Å². The Bertz CT molecular complexity index is 780. The predicted molar refractivity (Wildman–Crippen MR) is 131 cm³/mol.